The molecule has 0 aromatic heterocycles. The zero-order valence-electron chi connectivity index (χ0n) is 11.8. The van der Waals surface area contributed by atoms with Gasteiger partial charge in [-0.15, -0.1) is 0 Å². The average Bonchev–Trinajstić information content (AvgIpc) is 2.25. The third-order valence-electron chi connectivity index (χ3n) is 3.04. The van der Waals surface area contributed by atoms with Crippen molar-refractivity contribution >= 4 is 0 Å². The summed E-state index contributed by atoms with van der Waals surface area (Å²) in [5.74, 6) is 0.733. The molecule has 0 aromatic carbocycles. The van der Waals surface area contributed by atoms with Crippen LogP contribution in [0, 0.1) is 5.92 Å². The summed E-state index contributed by atoms with van der Waals surface area (Å²) in [5.41, 5.74) is 0. The van der Waals surface area contributed by atoms with Crippen molar-refractivity contribution in [3.63, 3.8) is 0 Å². The lowest BCUT2D eigenvalue weighted by atomic mass is 10.0. The molecule has 0 saturated heterocycles. The Labute approximate surface area is 102 Å². The minimum atomic E-state index is 0.671. The number of ether oxygens (including phenoxy) is 1. The van der Waals surface area contributed by atoms with Gasteiger partial charge in [-0.1, -0.05) is 20.8 Å². The molecule has 0 saturated carbocycles. The molecule has 0 aromatic rings. The number of hydrogen-bond donors (Lipinski definition) is 1. The van der Waals surface area contributed by atoms with Crippen LogP contribution in [-0.4, -0.2) is 51.3 Å². The highest BCUT2D eigenvalue weighted by molar-refractivity contribution is 4.68. The molecule has 0 radical (unpaired) electrons. The van der Waals surface area contributed by atoms with Crippen LogP contribution in [-0.2, 0) is 4.74 Å². The van der Waals surface area contributed by atoms with Crippen LogP contribution in [0.2, 0.25) is 0 Å². The highest BCUT2D eigenvalue weighted by atomic mass is 16.5. The predicted octanol–water partition coefficient (Wildman–Crippen LogP) is 1.98. The van der Waals surface area contributed by atoms with E-state index >= 15 is 0 Å². The minimum Gasteiger partial charge on any atom is -0.383 e. The largest absolute Gasteiger partial charge is 0.383 e. The average molecular weight is 230 g/mol. The first-order valence-electron chi connectivity index (χ1n) is 6.52. The standard InChI is InChI=1S/C13H30N2O/c1-6-13(12(2)3)14-8-7-9-15(4)10-11-16-5/h12-14H,6-11H2,1-5H3. The summed E-state index contributed by atoms with van der Waals surface area (Å²) in [7, 11) is 3.91. The smallest absolute Gasteiger partial charge is 0.0589 e. The molecule has 0 amide bonds. The summed E-state index contributed by atoms with van der Waals surface area (Å²) in [5, 5.41) is 3.62. The van der Waals surface area contributed by atoms with Gasteiger partial charge in [0.15, 0.2) is 0 Å². The Morgan fingerprint density at radius 1 is 1.25 bits per heavy atom. The van der Waals surface area contributed by atoms with Crippen molar-refractivity contribution in [2.75, 3.05) is 40.4 Å². The molecular weight excluding hydrogens is 200 g/mol. The van der Waals surface area contributed by atoms with Gasteiger partial charge in [0, 0.05) is 19.7 Å². The molecule has 0 aliphatic heterocycles. The maximum absolute atomic E-state index is 5.05. The first-order chi connectivity index (χ1) is 7.61. The Morgan fingerprint density at radius 2 is 1.94 bits per heavy atom. The quantitative estimate of drug-likeness (QED) is 0.581. The van der Waals surface area contributed by atoms with Crippen LogP contribution >= 0.6 is 0 Å². The number of methoxy groups -OCH3 is 1. The van der Waals surface area contributed by atoms with Crippen LogP contribution in [0.3, 0.4) is 0 Å². The van der Waals surface area contributed by atoms with E-state index in [-0.39, 0.29) is 0 Å². The van der Waals surface area contributed by atoms with Gasteiger partial charge in [-0.05, 0) is 38.9 Å². The Hall–Kier alpha value is -0.120. The molecule has 3 nitrogen and oxygen atoms in total. The van der Waals surface area contributed by atoms with E-state index in [0.29, 0.717) is 6.04 Å². The summed E-state index contributed by atoms with van der Waals surface area (Å²) in [4.78, 5) is 2.32. The molecule has 16 heavy (non-hydrogen) atoms. The van der Waals surface area contributed by atoms with E-state index in [0.717, 1.165) is 32.2 Å². The van der Waals surface area contributed by atoms with Crippen molar-refractivity contribution < 1.29 is 4.74 Å². The van der Waals surface area contributed by atoms with Crippen LogP contribution in [0.25, 0.3) is 0 Å². The molecular formula is C13H30N2O. The molecule has 3 heteroatoms. The lowest BCUT2D eigenvalue weighted by Crippen LogP contribution is -2.35. The number of likely N-dealkylation sites (N-methyl/N-ethyl adjacent to an activating group) is 1. The van der Waals surface area contributed by atoms with Crippen LogP contribution in [0.15, 0.2) is 0 Å². The Morgan fingerprint density at radius 3 is 2.44 bits per heavy atom. The summed E-state index contributed by atoms with van der Waals surface area (Å²) < 4.78 is 5.05. The van der Waals surface area contributed by atoms with E-state index in [1.807, 2.05) is 0 Å². The molecule has 1 N–H and O–H groups in total. The van der Waals surface area contributed by atoms with E-state index < -0.39 is 0 Å². The van der Waals surface area contributed by atoms with Crippen LogP contribution in [0.1, 0.15) is 33.6 Å². The zero-order chi connectivity index (χ0) is 12.4. The van der Waals surface area contributed by atoms with Crippen molar-refractivity contribution in [2.24, 2.45) is 5.92 Å². The van der Waals surface area contributed by atoms with Crippen molar-refractivity contribution in [3.05, 3.63) is 0 Å². The molecule has 0 rings (SSSR count). The van der Waals surface area contributed by atoms with Gasteiger partial charge in [-0.25, -0.2) is 0 Å². The van der Waals surface area contributed by atoms with Crippen LogP contribution in [0.5, 0.6) is 0 Å². The highest BCUT2D eigenvalue weighted by Crippen LogP contribution is 2.04. The van der Waals surface area contributed by atoms with Gasteiger partial charge in [-0.2, -0.15) is 0 Å². The van der Waals surface area contributed by atoms with Gasteiger partial charge in [0.25, 0.3) is 0 Å². The van der Waals surface area contributed by atoms with E-state index in [9.17, 15) is 0 Å². The van der Waals surface area contributed by atoms with Gasteiger partial charge in [0.1, 0.15) is 0 Å². The van der Waals surface area contributed by atoms with Gasteiger partial charge in [-0.3, -0.25) is 0 Å². The molecule has 0 spiro atoms. The van der Waals surface area contributed by atoms with E-state index in [1.165, 1.54) is 12.8 Å². The number of rotatable bonds is 10. The number of nitrogens with one attached hydrogen (secondary N) is 1. The Kier molecular flexibility index (Phi) is 9.99. The SMILES string of the molecule is CCC(NCCCN(C)CCOC)C(C)C. The van der Waals surface area contributed by atoms with Crippen LogP contribution in [0.4, 0.5) is 0 Å². The van der Waals surface area contributed by atoms with Gasteiger partial charge < -0.3 is 15.0 Å². The second kappa shape index (κ2) is 10.1. The third-order valence-corrected chi connectivity index (χ3v) is 3.04. The number of nitrogens with zero attached hydrogens (tertiary/aromatic N) is 1. The predicted molar refractivity (Wildman–Crippen MR) is 70.9 cm³/mol. The van der Waals surface area contributed by atoms with Crippen molar-refractivity contribution in [1.82, 2.24) is 10.2 Å². The summed E-state index contributed by atoms with van der Waals surface area (Å²) >= 11 is 0. The Bertz CT molecular complexity index is 151. The second-order valence-corrected chi connectivity index (χ2v) is 4.86. The van der Waals surface area contributed by atoms with E-state index in [4.69, 9.17) is 4.74 Å². The van der Waals surface area contributed by atoms with Gasteiger partial charge >= 0.3 is 0 Å². The fourth-order valence-electron chi connectivity index (χ4n) is 1.85. The molecule has 0 aliphatic rings. The van der Waals surface area contributed by atoms with Gasteiger partial charge in [0.2, 0.25) is 0 Å². The summed E-state index contributed by atoms with van der Waals surface area (Å²) in [6.07, 6.45) is 2.43. The molecule has 0 heterocycles. The number of hydrogen-bond acceptors (Lipinski definition) is 3. The topological polar surface area (TPSA) is 24.5 Å². The molecule has 0 fully saturated rings. The van der Waals surface area contributed by atoms with Crippen LogP contribution < -0.4 is 5.32 Å². The third kappa shape index (κ3) is 8.08. The zero-order valence-corrected chi connectivity index (χ0v) is 11.8. The molecule has 1 atom stereocenters. The van der Waals surface area contributed by atoms with Gasteiger partial charge in [0.05, 0.1) is 6.61 Å². The molecule has 0 bridgehead atoms. The lowest BCUT2D eigenvalue weighted by Gasteiger charge is -2.22. The fraction of sp³-hybridized carbons (Fsp3) is 1.00. The van der Waals surface area contributed by atoms with Crippen molar-refractivity contribution in [3.8, 4) is 0 Å². The van der Waals surface area contributed by atoms with Crippen molar-refractivity contribution in [2.45, 2.75) is 39.7 Å². The second-order valence-electron chi connectivity index (χ2n) is 4.86. The lowest BCUT2D eigenvalue weighted by molar-refractivity contribution is 0.160. The highest BCUT2D eigenvalue weighted by Gasteiger charge is 2.09. The molecule has 1 unspecified atom stereocenters. The first kappa shape index (κ1) is 15.9. The summed E-state index contributed by atoms with van der Waals surface area (Å²) in [6.45, 7) is 10.9. The monoisotopic (exact) mass is 230 g/mol. The summed E-state index contributed by atoms with van der Waals surface area (Å²) in [6, 6.07) is 0.671. The van der Waals surface area contributed by atoms with E-state index in [2.05, 4.69) is 38.0 Å². The first-order valence-corrected chi connectivity index (χ1v) is 6.52. The molecule has 98 valence electrons. The normalized spacial score (nSPS) is 13.7. The maximum Gasteiger partial charge on any atom is 0.0589 e. The Balaban J connectivity index is 3.44. The van der Waals surface area contributed by atoms with E-state index in [1.54, 1.807) is 7.11 Å². The minimum absolute atomic E-state index is 0.671. The molecule has 0 aliphatic carbocycles. The maximum atomic E-state index is 5.05. The van der Waals surface area contributed by atoms with Crippen molar-refractivity contribution in [1.29, 1.82) is 0 Å². The fourth-order valence-corrected chi connectivity index (χ4v) is 1.85.